The second-order valence-electron chi connectivity index (χ2n) is 6.46. The highest BCUT2D eigenvalue weighted by atomic mass is 32.2. The Labute approximate surface area is 159 Å². The predicted octanol–water partition coefficient (Wildman–Crippen LogP) is -0.0633. The SMILES string of the molecule is Cc1ccc(C=CS(=O)(=O)NCC(=O)N2CCN(C(=O)C(C)O)CC2)cc1. The molecule has 1 fully saturated rings. The van der Waals surface area contributed by atoms with E-state index >= 15 is 0 Å². The van der Waals surface area contributed by atoms with E-state index in [4.69, 9.17) is 0 Å². The maximum absolute atomic E-state index is 12.2. The van der Waals surface area contributed by atoms with Crippen LogP contribution in [0.2, 0.25) is 0 Å². The van der Waals surface area contributed by atoms with Gasteiger partial charge in [-0.2, -0.15) is 0 Å². The van der Waals surface area contributed by atoms with Gasteiger partial charge in [-0.1, -0.05) is 29.8 Å². The lowest BCUT2D eigenvalue weighted by molar-refractivity contribution is -0.144. The Morgan fingerprint density at radius 3 is 2.26 bits per heavy atom. The Kier molecular flexibility index (Phi) is 7.11. The number of piperazine rings is 1. The highest BCUT2D eigenvalue weighted by Gasteiger charge is 2.26. The number of nitrogens with zero attached hydrogens (tertiary/aromatic N) is 2. The van der Waals surface area contributed by atoms with Crippen molar-refractivity contribution in [3.8, 4) is 0 Å². The van der Waals surface area contributed by atoms with Crippen LogP contribution < -0.4 is 4.72 Å². The minimum Gasteiger partial charge on any atom is -0.384 e. The molecule has 0 saturated carbocycles. The molecule has 2 amide bonds. The number of aryl methyl sites for hydroxylation is 1. The molecule has 0 aliphatic carbocycles. The highest BCUT2D eigenvalue weighted by Crippen LogP contribution is 2.07. The number of carbonyl (C=O) groups excluding carboxylic acids is 2. The van der Waals surface area contributed by atoms with E-state index in [-0.39, 0.29) is 18.4 Å². The standard InChI is InChI=1S/C18H25N3O5S/c1-14-3-5-16(6-4-14)7-12-27(25,26)19-13-17(23)20-8-10-21(11-9-20)18(24)15(2)22/h3-7,12,15,19,22H,8-11,13H2,1-2H3. The predicted molar refractivity (Wildman–Crippen MR) is 102 cm³/mol. The lowest BCUT2D eigenvalue weighted by Gasteiger charge is -2.35. The molecule has 2 N–H and O–H groups in total. The summed E-state index contributed by atoms with van der Waals surface area (Å²) >= 11 is 0. The van der Waals surface area contributed by atoms with Crippen LogP contribution in [0.1, 0.15) is 18.1 Å². The van der Waals surface area contributed by atoms with E-state index in [1.165, 1.54) is 22.8 Å². The molecular weight excluding hydrogens is 370 g/mol. The molecule has 8 nitrogen and oxygen atoms in total. The van der Waals surface area contributed by atoms with Crippen LogP contribution in [-0.4, -0.2) is 74.0 Å². The normalized spacial score (nSPS) is 16.6. The molecule has 2 rings (SSSR count). The van der Waals surface area contributed by atoms with Gasteiger partial charge in [-0.05, 0) is 25.5 Å². The van der Waals surface area contributed by atoms with Gasteiger partial charge < -0.3 is 14.9 Å². The van der Waals surface area contributed by atoms with Crippen molar-refractivity contribution in [3.63, 3.8) is 0 Å². The fraction of sp³-hybridized carbons (Fsp3) is 0.444. The second kappa shape index (κ2) is 9.12. The summed E-state index contributed by atoms with van der Waals surface area (Å²) in [7, 11) is -3.73. The van der Waals surface area contributed by atoms with Gasteiger partial charge in [-0.15, -0.1) is 0 Å². The minimum absolute atomic E-state index is 0.304. The zero-order valence-corrected chi connectivity index (χ0v) is 16.3. The Hall–Kier alpha value is -2.23. The molecule has 0 radical (unpaired) electrons. The smallest absolute Gasteiger partial charge is 0.251 e. The quantitative estimate of drug-likeness (QED) is 0.702. The number of aliphatic hydroxyl groups excluding tert-OH is 1. The number of rotatable bonds is 6. The van der Waals surface area contributed by atoms with Gasteiger partial charge in [-0.3, -0.25) is 9.59 Å². The van der Waals surface area contributed by atoms with Crippen LogP contribution in [0.4, 0.5) is 0 Å². The van der Waals surface area contributed by atoms with Crippen molar-refractivity contribution in [2.45, 2.75) is 20.0 Å². The van der Waals surface area contributed by atoms with Gasteiger partial charge in [0.15, 0.2) is 0 Å². The number of aliphatic hydroxyl groups is 1. The van der Waals surface area contributed by atoms with Gasteiger partial charge >= 0.3 is 0 Å². The number of carbonyl (C=O) groups is 2. The van der Waals surface area contributed by atoms with E-state index < -0.39 is 16.1 Å². The average Bonchev–Trinajstić information content (AvgIpc) is 2.65. The van der Waals surface area contributed by atoms with Crippen LogP contribution in [0.15, 0.2) is 29.7 Å². The summed E-state index contributed by atoms with van der Waals surface area (Å²) in [5.74, 6) is -0.726. The largest absolute Gasteiger partial charge is 0.384 e. The molecule has 1 aliphatic rings. The third-order valence-electron chi connectivity index (χ3n) is 4.24. The third-order valence-corrected chi connectivity index (χ3v) is 5.28. The van der Waals surface area contributed by atoms with Crippen molar-refractivity contribution >= 4 is 27.9 Å². The van der Waals surface area contributed by atoms with Crippen LogP contribution in [0, 0.1) is 6.92 Å². The zero-order valence-electron chi connectivity index (χ0n) is 15.5. The summed E-state index contributed by atoms with van der Waals surface area (Å²) in [4.78, 5) is 26.9. The zero-order chi connectivity index (χ0) is 20.0. The van der Waals surface area contributed by atoms with Gasteiger partial charge in [0, 0.05) is 31.6 Å². The van der Waals surface area contributed by atoms with E-state index in [1.807, 2.05) is 19.1 Å². The monoisotopic (exact) mass is 395 g/mol. The molecule has 27 heavy (non-hydrogen) atoms. The topological polar surface area (TPSA) is 107 Å². The molecule has 1 heterocycles. The summed E-state index contributed by atoms with van der Waals surface area (Å²) in [5, 5.41) is 10.3. The molecule has 9 heteroatoms. The molecule has 1 aromatic carbocycles. The van der Waals surface area contributed by atoms with Crippen molar-refractivity contribution in [1.82, 2.24) is 14.5 Å². The maximum Gasteiger partial charge on any atom is 0.251 e. The highest BCUT2D eigenvalue weighted by molar-refractivity contribution is 7.92. The summed E-state index contributed by atoms with van der Waals surface area (Å²) in [6, 6.07) is 7.37. The van der Waals surface area contributed by atoms with Gasteiger partial charge in [0.05, 0.1) is 6.54 Å². The van der Waals surface area contributed by atoms with E-state index in [0.29, 0.717) is 26.2 Å². The molecule has 148 valence electrons. The van der Waals surface area contributed by atoms with Crippen molar-refractivity contribution in [3.05, 3.63) is 40.8 Å². The van der Waals surface area contributed by atoms with Gasteiger partial charge in [-0.25, -0.2) is 13.1 Å². The summed E-state index contributed by atoms with van der Waals surface area (Å²) in [6.45, 7) is 4.24. The fourth-order valence-corrected chi connectivity index (χ4v) is 3.37. The van der Waals surface area contributed by atoms with Crippen molar-refractivity contribution in [2.24, 2.45) is 0 Å². The maximum atomic E-state index is 12.2. The molecule has 1 unspecified atom stereocenters. The number of benzene rings is 1. The number of hydrogen-bond acceptors (Lipinski definition) is 5. The number of hydrogen-bond donors (Lipinski definition) is 2. The van der Waals surface area contributed by atoms with Crippen LogP contribution in [0.3, 0.4) is 0 Å². The van der Waals surface area contributed by atoms with Crippen LogP contribution in [0.25, 0.3) is 6.08 Å². The number of sulfonamides is 1. The minimum atomic E-state index is -3.73. The molecule has 1 aliphatic heterocycles. The Morgan fingerprint density at radius 1 is 1.15 bits per heavy atom. The van der Waals surface area contributed by atoms with Gasteiger partial charge in [0.1, 0.15) is 6.10 Å². The van der Waals surface area contributed by atoms with Crippen molar-refractivity contribution in [1.29, 1.82) is 0 Å². The van der Waals surface area contributed by atoms with Crippen LogP contribution in [-0.2, 0) is 19.6 Å². The Bertz CT molecular complexity index is 795. The second-order valence-corrected chi connectivity index (χ2v) is 8.11. The van der Waals surface area contributed by atoms with Crippen LogP contribution >= 0.6 is 0 Å². The van der Waals surface area contributed by atoms with E-state index in [2.05, 4.69) is 4.72 Å². The van der Waals surface area contributed by atoms with E-state index in [0.717, 1.165) is 16.5 Å². The Balaban J connectivity index is 1.82. The first-order chi connectivity index (χ1) is 12.7. The third kappa shape index (κ3) is 6.46. The van der Waals surface area contributed by atoms with Gasteiger partial charge in [0.25, 0.3) is 5.91 Å². The first-order valence-corrected chi connectivity index (χ1v) is 10.2. The molecule has 0 spiro atoms. The van der Waals surface area contributed by atoms with Gasteiger partial charge in [0.2, 0.25) is 15.9 Å². The van der Waals surface area contributed by atoms with E-state index in [1.54, 1.807) is 12.1 Å². The first kappa shape index (κ1) is 21.1. The Morgan fingerprint density at radius 2 is 1.70 bits per heavy atom. The lowest BCUT2D eigenvalue weighted by Crippen LogP contribution is -2.54. The lowest BCUT2D eigenvalue weighted by atomic mass is 10.2. The summed E-state index contributed by atoms with van der Waals surface area (Å²) < 4.78 is 26.3. The molecule has 1 saturated heterocycles. The number of amides is 2. The first-order valence-electron chi connectivity index (χ1n) is 8.67. The molecular formula is C18H25N3O5S. The van der Waals surface area contributed by atoms with Crippen LogP contribution in [0.5, 0.6) is 0 Å². The number of nitrogens with one attached hydrogen (secondary N) is 1. The van der Waals surface area contributed by atoms with Crippen molar-refractivity contribution < 1.29 is 23.1 Å². The molecule has 1 aromatic rings. The van der Waals surface area contributed by atoms with Crippen molar-refractivity contribution in [2.75, 3.05) is 32.7 Å². The molecule has 0 aromatic heterocycles. The summed E-state index contributed by atoms with van der Waals surface area (Å²) in [6.07, 6.45) is 0.395. The molecule has 0 bridgehead atoms. The summed E-state index contributed by atoms with van der Waals surface area (Å²) in [5.41, 5.74) is 1.82. The average molecular weight is 395 g/mol. The molecule has 1 atom stereocenters. The van der Waals surface area contributed by atoms with E-state index in [9.17, 15) is 23.1 Å². The fourth-order valence-electron chi connectivity index (χ4n) is 2.61.